The summed E-state index contributed by atoms with van der Waals surface area (Å²) in [6.45, 7) is 6.08. The molecule has 0 bridgehead atoms. The van der Waals surface area contributed by atoms with E-state index in [0.29, 0.717) is 17.8 Å². The standard InChI is InChI=1S/C26H31N5O4/c1-26(2,3)34-16-21(27)24-28-23(30-35-24)22-14-20(29-33-4)15-31(22)25(32)19-12-10-18(11-13-19)17-8-6-5-7-9-17/h5-13,15,21-22,29H,14,16,27H2,1-4H3/t21-,22?/m0/s1. The van der Waals surface area contributed by atoms with E-state index in [0.717, 1.165) is 16.8 Å². The number of nitrogens with two attached hydrogens (primary N) is 1. The zero-order chi connectivity index (χ0) is 25.0. The largest absolute Gasteiger partial charge is 0.374 e. The van der Waals surface area contributed by atoms with Gasteiger partial charge in [-0.05, 0) is 44.0 Å². The van der Waals surface area contributed by atoms with Crippen molar-refractivity contribution in [1.82, 2.24) is 20.5 Å². The van der Waals surface area contributed by atoms with Crippen LogP contribution in [0.15, 0.2) is 71.0 Å². The Morgan fingerprint density at radius 3 is 2.51 bits per heavy atom. The highest BCUT2D eigenvalue weighted by molar-refractivity contribution is 5.96. The SMILES string of the molecule is CONC1=CN(C(=O)c2ccc(-c3ccccc3)cc2)C(c2noc([C@@H](N)COC(C)(C)C)n2)C1. The lowest BCUT2D eigenvalue weighted by Gasteiger charge is -2.21. The van der Waals surface area contributed by atoms with Gasteiger partial charge in [-0.15, -0.1) is 0 Å². The van der Waals surface area contributed by atoms with Crippen molar-refractivity contribution in [3.05, 3.63) is 83.8 Å². The van der Waals surface area contributed by atoms with Gasteiger partial charge < -0.3 is 19.9 Å². The Morgan fingerprint density at radius 2 is 1.86 bits per heavy atom. The van der Waals surface area contributed by atoms with Crippen molar-refractivity contribution >= 4 is 5.91 Å². The zero-order valence-electron chi connectivity index (χ0n) is 20.4. The molecule has 0 fully saturated rings. The molecule has 184 valence electrons. The van der Waals surface area contributed by atoms with Gasteiger partial charge >= 0.3 is 0 Å². The van der Waals surface area contributed by atoms with E-state index in [4.69, 9.17) is 19.8 Å². The Labute approximate surface area is 204 Å². The summed E-state index contributed by atoms with van der Waals surface area (Å²) >= 11 is 0. The number of hydrogen-bond acceptors (Lipinski definition) is 8. The minimum absolute atomic E-state index is 0.186. The van der Waals surface area contributed by atoms with Gasteiger partial charge in [0, 0.05) is 18.2 Å². The van der Waals surface area contributed by atoms with Gasteiger partial charge in [-0.2, -0.15) is 4.98 Å². The number of rotatable bonds is 8. The Bertz CT molecular complexity index is 1170. The van der Waals surface area contributed by atoms with Crippen molar-refractivity contribution in [2.75, 3.05) is 13.7 Å². The van der Waals surface area contributed by atoms with E-state index in [1.807, 2.05) is 75.4 Å². The van der Waals surface area contributed by atoms with E-state index < -0.39 is 12.1 Å². The lowest BCUT2D eigenvalue weighted by atomic mass is 10.0. The number of carbonyl (C=O) groups excluding carboxylic acids is 1. The summed E-state index contributed by atoms with van der Waals surface area (Å²) in [5.41, 5.74) is 12.1. The maximum atomic E-state index is 13.5. The molecule has 1 unspecified atom stereocenters. The molecule has 0 spiro atoms. The third-order valence-electron chi connectivity index (χ3n) is 5.52. The van der Waals surface area contributed by atoms with E-state index in [1.54, 1.807) is 11.1 Å². The fourth-order valence-electron chi connectivity index (χ4n) is 3.76. The number of nitrogens with zero attached hydrogens (tertiary/aromatic N) is 3. The van der Waals surface area contributed by atoms with Crippen molar-refractivity contribution in [2.45, 2.75) is 44.9 Å². The van der Waals surface area contributed by atoms with E-state index in [-0.39, 0.29) is 24.0 Å². The number of hydrogen-bond donors (Lipinski definition) is 2. The molecule has 3 N–H and O–H groups in total. The second-order valence-corrected chi connectivity index (χ2v) is 9.36. The quantitative estimate of drug-likeness (QED) is 0.465. The molecule has 1 aliphatic heterocycles. The van der Waals surface area contributed by atoms with Crippen LogP contribution in [0, 0.1) is 0 Å². The van der Waals surface area contributed by atoms with Crippen LogP contribution < -0.4 is 11.2 Å². The minimum Gasteiger partial charge on any atom is -0.374 e. The summed E-state index contributed by atoms with van der Waals surface area (Å²) in [6, 6.07) is 16.5. The second kappa shape index (κ2) is 10.4. The molecule has 3 aromatic rings. The van der Waals surface area contributed by atoms with Gasteiger partial charge in [0.1, 0.15) is 12.1 Å². The van der Waals surface area contributed by atoms with Gasteiger partial charge in [-0.25, -0.2) is 0 Å². The minimum atomic E-state index is -0.573. The molecular formula is C26H31N5O4. The summed E-state index contributed by atoms with van der Waals surface area (Å²) in [7, 11) is 1.52. The fraction of sp³-hybridized carbons (Fsp3) is 0.346. The normalized spacial score (nSPS) is 16.8. The smallest absolute Gasteiger partial charge is 0.258 e. The molecule has 9 nitrogen and oxygen atoms in total. The van der Waals surface area contributed by atoms with Crippen LogP contribution >= 0.6 is 0 Å². The van der Waals surface area contributed by atoms with E-state index in [9.17, 15) is 4.79 Å². The molecule has 0 aliphatic carbocycles. The van der Waals surface area contributed by atoms with Gasteiger partial charge in [-0.1, -0.05) is 47.6 Å². The summed E-state index contributed by atoms with van der Waals surface area (Å²) in [5, 5.41) is 4.12. The van der Waals surface area contributed by atoms with Crippen LogP contribution in [-0.4, -0.2) is 40.3 Å². The summed E-state index contributed by atoms with van der Waals surface area (Å²) < 4.78 is 11.2. The van der Waals surface area contributed by atoms with Crippen LogP contribution in [0.25, 0.3) is 11.1 Å². The first-order chi connectivity index (χ1) is 16.7. The molecular weight excluding hydrogens is 446 g/mol. The maximum absolute atomic E-state index is 13.5. The van der Waals surface area contributed by atoms with Crippen molar-refractivity contribution in [3.63, 3.8) is 0 Å². The number of aromatic nitrogens is 2. The Balaban J connectivity index is 1.53. The molecule has 9 heteroatoms. The molecule has 2 heterocycles. The van der Waals surface area contributed by atoms with Gasteiger partial charge in [0.2, 0.25) is 5.89 Å². The molecule has 1 amide bonds. The highest BCUT2D eigenvalue weighted by atomic mass is 16.6. The number of ether oxygens (including phenoxy) is 1. The summed E-state index contributed by atoms with van der Waals surface area (Å²) in [6.07, 6.45) is 2.15. The van der Waals surface area contributed by atoms with Crippen LogP contribution in [0.1, 0.15) is 61.3 Å². The topological polar surface area (TPSA) is 116 Å². The number of benzene rings is 2. The molecule has 0 saturated carbocycles. The first-order valence-electron chi connectivity index (χ1n) is 11.5. The van der Waals surface area contributed by atoms with Crippen molar-refractivity contribution < 1.29 is 18.9 Å². The monoisotopic (exact) mass is 477 g/mol. The second-order valence-electron chi connectivity index (χ2n) is 9.36. The Hall–Kier alpha value is -3.53. The van der Waals surface area contributed by atoms with Crippen molar-refractivity contribution in [1.29, 1.82) is 0 Å². The van der Waals surface area contributed by atoms with Crippen LogP contribution in [0.5, 0.6) is 0 Å². The molecule has 35 heavy (non-hydrogen) atoms. The predicted octanol–water partition coefficient (Wildman–Crippen LogP) is 4.13. The number of amides is 1. The van der Waals surface area contributed by atoms with Gasteiger partial charge in [0.05, 0.1) is 25.0 Å². The summed E-state index contributed by atoms with van der Waals surface area (Å²) in [4.78, 5) is 24.6. The van der Waals surface area contributed by atoms with E-state index >= 15 is 0 Å². The van der Waals surface area contributed by atoms with Crippen LogP contribution in [0.2, 0.25) is 0 Å². The first-order valence-corrected chi connectivity index (χ1v) is 11.5. The van der Waals surface area contributed by atoms with Crippen molar-refractivity contribution in [3.8, 4) is 11.1 Å². The fourth-order valence-corrected chi connectivity index (χ4v) is 3.76. The lowest BCUT2D eigenvalue weighted by Crippen LogP contribution is -2.28. The first kappa shape index (κ1) is 24.6. The van der Waals surface area contributed by atoms with Crippen molar-refractivity contribution in [2.24, 2.45) is 5.73 Å². The number of nitrogens with one attached hydrogen (secondary N) is 1. The maximum Gasteiger partial charge on any atom is 0.258 e. The van der Waals surface area contributed by atoms with Gasteiger partial charge in [0.15, 0.2) is 5.82 Å². The third-order valence-corrected chi connectivity index (χ3v) is 5.52. The number of hydroxylamine groups is 1. The van der Waals surface area contributed by atoms with Crippen LogP contribution in [0.4, 0.5) is 0 Å². The Kier molecular flexibility index (Phi) is 7.30. The molecule has 0 saturated heterocycles. The molecule has 2 aromatic carbocycles. The molecule has 1 aliphatic rings. The van der Waals surface area contributed by atoms with Crippen LogP contribution in [-0.2, 0) is 9.57 Å². The molecule has 4 rings (SSSR count). The average molecular weight is 478 g/mol. The molecule has 2 atom stereocenters. The van der Waals surface area contributed by atoms with Gasteiger partial charge in [0.25, 0.3) is 5.91 Å². The third kappa shape index (κ3) is 5.94. The Morgan fingerprint density at radius 1 is 1.17 bits per heavy atom. The van der Waals surface area contributed by atoms with E-state index in [1.165, 1.54) is 7.11 Å². The average Bonchev–Trinajstić information content (AvgIpc) is 3.50. The summed E-state index contributed by atoms with van der Waals surface area (Å²) in [5.74, 6) is 0.441. The number of carbonyl (C=O) groups is 1. The zero-order valence-corrected chi connectivity index (χ0v) is 20.4. The lowest BCUT2D eigenvalue weighted by molar-refractivity contribution is -0.0134. The van der Waals surface area contributed by atoms with Crippen LogP contribution in [0.3, 0.4) is 0 Å². The van der Waals surface area contributed by atoms with E-state index in [2.05, 4.69) is 15.6 Å². The molecule has 0 radical (unpaired) electrons. The van der Waals surface area contributed by atoms with Gasteiger partial charge in [-0.3, -0.25) is 15.1 Å². The highest BCUT2D eigenvalue weighted by Crippen LogP contribution is 2.34. The predicted molar refractivity (Wildman–Crippen MR) is 131 cm³/mol. The molecule has 1 aromatic heterocycles. The highest BCUT2D eigenvalue weighted by Gasteiger charge is 2.35.